The summed E-state index contributed by atoms with van der Waals surface area (Å²) in [7, 11) is -4.90. The predicted octanol–water partition coefficient (Wildman–Crippen LogP) is -2.09. The average Bonchev–Trinajstić information content (AvgIpc) is 2.48. The number of carbonyl (C=O) groups excluding carboxylic acids is 2. The van der Waals surface area contributed by atoms with Crippen LogP contribution in [0.1, 0.15) is 0 Å². The van der Waals surface area contributed by atoms with Crippen LogP contribution >= 0.6 is 0 Å². The molecule has 0 fully saturated rings. The lowest BCUT2D eigenvalue weighted by atomic mass is 10.3. The van der Waals surface area contributed by atoms with Crippen molar-refractivity contribution in [3.8, 4) is 0 Å². The first-order valence-electron chi connectivity index (χ1n) is 5.38. The van der Waals surface area contributed by atoms with Gasteiger partial charge < -0.3 is 20.9 Å². The van der Waals surface area contributed by atoms with Crippen LogP contribution in [0.15, 0.2) is 34.9 Å². The molecule has 0 saturated heterocycles. The van der Waals surface area contributed by atoms with Crippen molar-refractivity contribution in [2.45, 2.75) is 9.87 Å². The Bertz CT molecular complexity index is 655. The molecule has 21 heavy (non-hydrogen) atoms. The van der Waals surface area contributed by atoms with Gasteiger partial charge in [0, 0.05) is 0 Å². The molecular formula is C10H10N4O6S. The summed E-state index contributed by atoms with van der Waals surface area (Å²) in [6, 6.07) is 0. The molecule has 0 aromatic rings. The van der Waals surface area contributed by atoms with Crippen LogP contribution in [0, 0.1) is 0 Å². The zero-order chi connectivity index (χ0) is 15.7. The van der Waals surface area contributed by atoms with Crippen molar-refractivity contribution < 1.29 is 27.5 Å². The quantitative estimate of drug-likeness (QED) is 0.604. The topological polar surface area (TPSA) is 163 Å². The van der Waals surface area contributed by atoms with E-state index in [-0.39, 0.29) is 0 Å². The van der Waals surface area contributed by atoms with E-state index >= 15 is 0 Å². The number of rotatable bonds is 4. The number of hydrogen-bond donors (Lipinski definition) is 2. The van der Waals surface area contributed by atoms with Crippen LogP contribution in [0.2, 0.25) is 0 Å². The molecule has 2 atom stereocenters. The van der Waals surface area contributed by atoms with Crippen molar-refractivity contribution >= 4 is 34.1 Å². The molecule has 0 spiro atoms. The van der Waals surface area contributed by atoms with Crippen LogP contribution in [0.4, 0.5) is 0 Å². The van der Waals surface area contributed by atoms with Crippen LogP contribution < -0.4 is 11.5 Å². The van der Waals surface area contributed by atoms with Gasteiger partial charge in [-0.15, -0.1) is 0 Å². The number of hydrogen-bond acceptors (Lipinski definition) is 8. The van der Waals surface area contributed by atoms with E-state index in [2.05, 4.69) is 9.98 Å². The molecule has 2 heterocycles. The maximum atomic E-state index is 12.8. The van der Waals surface area contributed by atoms with Crippen LogP contribution in [0.3, 0.4) is 0 Å². The summed E-state index contributed by atoms with van der Waals surface area (Å²) in [6.45, 7) is 0. The van der Waals surface area contributed by atoms with Gasteiger partial charge in [0.2, 0.25) is 0 Å². The average molecular weight is 314 g/mol. The summed E-state index contributed by atoms with van der Waals surface area (Å²) in [6.07, 6.45) is 5.14. The van der Waals surface area contributed by atoms with E-state index in [1.54, 1.807) is 0 Å². The number of sulfone groups is 1. The number of nitrogens with two attached hydrogens (primary N) is 2. The van der Waals surface area contributed by atoms with Crippen molar-refractivity contribution in [1.29, 1.82) is 0 Å². The number of aliphatic imine (C=N–C) groups is 2. The Labute approximate surface area is 118 Å². The number of nitrogens with zero attached hydrogens (tertiary/aromatic N) is 2. The molecule has 2 aliphatic heterocycles. The minimum atomic E-state index is -4.90. The van der Waals surface area contributed by atoms with Crippen LogP contribution in [-0.4, -0.2) is 42.5 Å². The van der Waals surface area contributed by atoms with E-state index in [4.69, 9.17) is 20.9 Å². The van der Waals surface area contributed by atoms with Crippen LogP contribution in [0.5, 0.6) is 0 Å². The van der Waals surface area contributed by atoms with Crippen LogP contribution in [0.25, 0.3) is 0 Å². The first-order chi connectivity index (χ1) is 9.80. The van der Waals surface area contributed by atoms with Gasteiger partial charge in [0.25, 0.3) is 21.7 Å². The molecule has 0 radical (unpaired) electrons. The smallest absolute Gasteiger partial charge is 0.326 e. The number of ether oxygens (including phenoxy) is 2. The highest BCUT2D eigenvalue weighted by atomic mass is 32.2. The number of primary amides is 2. The number of carbonyl (C=O) groups is 2. The summed E-state index contributed by atoms with van der Waals surface area (Å²) in [5, 5.41) is 0. The summed E-state index contributed by atoms with van der Waals surface area (Å²) < 4.78 is 35.2. The van der Waals surface area contributed by atoms with Crippen molar-refractivity contribution in [2.24, 2.45) is 21.5 Å². The zero-order valence-electron chi connectivity index (χ0n) is 10.4. The molecule has 11 heteroatoms. The molecule has 0 aromatic heterocycles. The Hall–Kier alpha value is -2.69. The second-order valence-electron chi connectivity index (χ2n) is 3.93. The highest BCUT2D eigenvalue weighted by molar-refractivity contribution is 7.96. The molecule has 0 saturated carbocycles. The minimum absolute atomic E-state index is 0.644. The van der Waals surface area contributed by atoms with E-state index in [9.17, 15) is 18.0 Å². The van der Waals surface area contributed by atoms with Gasteiger partial charge in [-0.25, -0.2) is 8.42 Å². The van der Waals surface area contributed by atoms with E-state index in [0.717, 1.165) is 24.9 Å². The summed E-state index contributed by atoms with van der Waals surface area (Å²) in [4.78, 5) is 24.9. The zero-order valence-corrected chi connectivity index (χ0v) is 11.2. The summed E-state index contributed by atoms with van der Waals surface area (Å²) in [5.74, 6) is -2.83. The van der Waals surface area contributed by atoms with E-state index in [1.807, 2.05) is 0 Å². The second-order valence-corrected chi connectivity index (χ2v) is 6.15. The molecule has 4 N–H and O–H groups in total. The molecule has 2 rings (SSSR count). The molecule has 0 aromatic carbocycles. The Morgan fingerprint density at radius 1 is 0.905 bits per heavy atom. The van der Waals surface area contributed by atoms with Gasteiger partial charge in [0.05, 0.1) is 24.8 Å². The third kappa shape index (κ3) is 1.81. The lowest BCUT2D eigenvalue weighted by Crippen LogP contribution is -2.66. The Balaban J connectivity index is 2.69. The summed E-state index contributed by atoms with van der Waals surface area (Å²) in [5.41, 5.74) is 10.2. The Kier molecular flexibility index (Phi) is 3.29. The van der Waals surface area contributed by atoms with Gasteiger partial charge in [-0.1, -0.05) is 0 Å². The Morgan fingerprint density at radius 3 is 1.52 bits per heavy atom. The van der Waals surface area contributed by atoms with Gasteiger partial charge in [-0.2, -0.15) is 0 Å². The largest absolute Gasteiger partial charge is 0.464 e. The highest BCUT2D eigenvalue weighted by Crippen LogP contribution is 2.33. The molecule has 0 aliphatic carbocycles. The first-order valence-corrected chi connectivity index (χ1v) is 6.87. The fraction of sp³-hybridized carbons (Fsp3) is 0.200. The van der Waals surface area contributed by atoms with Gasteiger partial charge in [0.1, 0.15) is 12.5 Å². The predicted molar refractivity (Wildman–Crippen MR) is 70.2 cm³/mol. The third-order valence-corrected chi connectivity index (χ3v) is 5.16. The fourth-order valence-electron chi connectivity index (χ4n) is 1.68. The highest BCUT2D eigenvalue weighted by Gasteiger charge is 2.66. The molecule has 0 bridgehead atoms. The Morgan fingerprint density at radius 2 is 1.29 bits per heavy atom. The first kappa shape index (κ1) is 14.7. The maximum Gasteiger partial charge on any atom is 0.326 e. The van der Waals surface area contributed by atoms with E-state index in [1.165, 1.54) is 0 Å². The van der Waals surface area contributed by atoms with Gasteiger partial charge >= 0.3 is 9.87 Å². The third-order valence-electron chi connectivity index (χ3n) is 2.75. The van der Waals surface area contributed by atoms with Crippen LogP contribution in [-0.2, 0) is 28.9 Å². The van der Waals surface area contributed by atoms with Crippen molar-refractivity contribution in [2.75, 3.05) is 0 Å². The second kappa shape index (κ2) is 4.70. The van der Waals surface area contributed by atoms with Crippen molar-refractivity contribution in [3.05, 3.63) is 24.9 Å². The molecule has 2 aliphatic rings. The fourth-order valence-corrected chi connectivity index (χ4v) is 3.42. The van der Waals surface area contributed by atoms with Crippen molar-refractivity contribution in [1.82, 2.24) is 0 Å². The monoisotopic (exact) mass is 314 g/mol. The molecular weight excluding hydrogens is 304 g/mol. The van der Waals surface area contributed by atoms with Gasteiger partial charge in [-0.05, 0) is 0 Å². The van der Waals surface area contributed by atoms with Crippen molar-refractivity contribution in [3.63, 3.8) is 0 Å². The lowest BCUT2D eigenvalue weighted by Gasteiger charge is -2.35. The standard InChI is InChI=1S/C10H10N4O6S/c11-7(15)9(5-13-1-3-19-9)21(17,18)10(8(12)16)6-14-2-4-20-10/h1-6H,(H2,11,15)(H2,12,16). The summed E-state index contributed by atoms with van der Waals surface area (Å²) >= 11 is 0. The van der Waals surface area contributed by atoms with E-state index < -0.39 is 31.5 Å². The lowest BCUT2D eigenvalue weighted by molar-refractivity contribution is -0.127. The maximum absolute atomic E-state index is 12.8. The van der Waals surface area contributed by atoms with E-state index in [0.29, 0.717) is 12.4 Å². The van der Waals surface area contributed by atoms with Gasteiger partial charge in [0.15, 0.2) is 0 Å². The SMILES string of the molecule is NC(=O)C1(S(=O)(=O)C2(C(N)=O)C=NC=CO2)C=NC=CO1. The normalized spacial score (nSPS) is 30.5. The van der Waals surface area contributed by atoms with Gasteiger partial charge in [-0.3, -0.25) is 19.6 Å². The molecule has 10 nitrogen and oxygen atoms in total. The molecule has 112 valence electrons. The number of amides is 2. The minimum Gasteiger partial charge on any atom is -0.464 e. The molecule has 2 amide bonds. The molecule has 2 unspecified atom stereocenters.